The number of amides is 1. The van der Waals surface area contributed by atoms with Gasteiger partial charge < -0.3 is 5.32 Å². The number of fused-ring (bicyclic) bond motifs is 1. The highest BCUT2D eigenvalue weighted by molar-refractivity contribution is 7.18. The Bertz CT molecular complexity index is 911. The number of aryl methyl sites for hydroxylation is 1. The summed E-state index contributed by atoms with van der Waals surface area (Å²) in [5.74, 6) is 0.150. The first kappa shape index (κ1) is 16.0. The quantitative estimate of drug-likeness (QED) is 0.653. The largest absolute Gasteiger partial charge is 0.326 e. The molecule has 126 valence electrons. The summed E-state index contributed by atoms with van der Waals surface area (Å²) in [7, 11) is 0. The Labute approximate surface area is 151 Å². The second-order valence-electron chi connectivity index (χ2n) is 6.53. The molecule has 4 rings (SSSR count). The number of anilines is 1. The lowest BCUT2D eigenvalue weighted by molar-refractivity contribution is -0.120. The third-order valence-corrected chi connectivity index (χ3v) is 5.85. The zero-order chi connectivity index (χ0) is 17.2. The summed E-state index contributed by atoms with van der Waals surface area (Å²) in [6, 6.07) is 16.1. The highest BCUT2D eigenvalue weighted by Crippen LogP contribution is 2.39. The van der Waals surface area contributed by atoms with Gasteiger partial charge in [-0.3, -0.25) is 4.79 Å². The fourth-order valence-corrected chi connectivity index (χ4v) is 4.53. The van der Waals surface area contributed by atoms with Gasteiger partial charge in [-0.05, 0) is 49.6 Å². The fourth-order valence-electron chi connectivity index (χ4n) is 3.38. The average Bonchev–Trinajstić information content (AvgIpc) is 3.06. The molecule has 0 saturated carbocycles. The highest BCUT2D eigenvalue weighted by atomic mass is 32.1. The second-order valence-corrected chi connectivity index (χ2v) is 7.60. The van der Waals surface area contributed by atoms with Crippen LogP contribution >= 0.6 is 11.3 Å². The summed E-state index contributed by atoms with van der Waals surface area (Å²) in [5, 5.41) is 4.15. The summed E-state index contributed by atoms with van der Waals surface area (Å²) in [5.41, 5.74) is 3.03. The predicted octanol–water partition coefficient (Wildman–Crippen LogP) is 5.29. The number of rotatable bonds is 3. The molecule has 0 aliphatic heterocycles. The van der Waals surface area contributed by atoms with E-state index in [4.69, 9.17) is 4.98 Å². The third kappa shape index (κ3) is 3.35. The maximum absolute atomic E-state index is 12.9. The van der Waals surface area contributed by atoms with Gasteiger partial charge in [-0.15, -0.1) is 11.3 Å². The highest BCUT2D eigenvalue weighted by Gasteiger charge is 2.32. The van der Waals surface area contributed by atoms with Crippen molar-refractivity contribution in [2.24, 2.45) is 5.92 Å². The molecule has 4 heteroatoms. The van der Waals surface area contributed by atoms with Gasteiger partial charge in [0.2, 0.25) is 5.91 Å². The number of hydrogen-bond acceptors (Lipinski definition) is 3. The molecule has 0 radical (unpaired) electrons. The van der Waals surface area contributed by atoms with Crippen LogP contribution in [0.4, 0.5) is 5.69 Å². The Morgan fingerprint density at radius 3 is 2.80 bits per heavy atom. The van der Waals surface area contributed by atoms with Crippen molar-refractivity contribution in [1.29, 1.82) is 0 Å². The Morgan fingerprint density at radius 1 is 1.12 bits per heavy atom. The molecule has 25 heavy (non-hydrogen) atoms. The normalized spacial score (nSPS) is 19.9. The molecule has 1 aromatic heterocycles. The van der Waals surface area contributed by atoms with Gasteiger partial charge in [0.1, 0.15) is 0 Å². The molecule has 3 aromatic rings. The van der Waals surface area contributed by atoms with Crippen molar-refractivity contribution in [3.63, 3.8) is 0 Å². The van der Waals surface area contributed by atoms with Gasteiger partial charge in [-0.1, -0.05) is 36.4 Å². The molecule has 1 amide bonds. The van der Waals surface area contributed by atoms with Crippen molar-refractivity contribution in [1.82, 2.24) is 4.98 Å². The number of nitrogens with one attached hydrogen (secondary N) is 1. The van der Waals surface area contributed by atoms with Gasteiger partial charge in [0.15, 0.2) is 0 Å². The van der Waals surface area contributed by atoms with Gasteiger partial charge in [-0.25, -0.2) is 4.98 Å². The molecule has 2 aromatic carbocycles. The van der Waals surface area contributed by atoms with E-state index in [0.29, 0.717) is 0 Å². The molecule has 1 heterocycles. The Hall–Kier alpha value is -2.46. The topological polar surface area (TPSA) is 42.0 Å². The van der Waals surface area contributed by atoms with Crippen molar-refractivity contribution >= 4 is 33.1 Å². The summed E-state index contributed by atoms with van der Waals surface area (Å²) < 4.78 is 1.19. The number of allylic oxidation sites excluding steroid dienone is 2. The minimum absolute atomic E-state index is 0.0777. The van der Waals surface area contributed by atoms with Crippen LogP contribution in [-0.4, -0.2) is 10.9 Å². The Morgan fingerprint density at radius 2 is 1.96 bits per heavy atom. The van der Waals surface area contributed by atoms with Crippen LogP contribution in [-0.2, 0) is 4.79 Å². The van der Waals surface area contributed by atoms with E-state index in [1.54, 1.807) is 11.3 Å². The summed E-state index contributed by atoms with van der Waals surface area (Å²) >= 11 is 1.71. The molecule has 0 spiro atoms. The Kier molecular flexibility index (Phi) is 4.36. The molecule has 0 saturated heterocycles. The van der Waals surface area contributed by atoms with Crippen molar-refractivity contribution < 1.29 is 4.79 Å². The van der Waals surface area contributed by atoms with Crippen LogP contribution in [0.25, 0.3) is 10.2 Å². The van der Waals surface area contributed by atoms with Crippen LogP contribution in [0.2, 0.25) is 0 Å². The molecule has 0 bridgehead atoms. The van der Waals surface area contributed by atoms with E-state index >= 15 is 0 Å². The van der Waals surface area contributed by atoms with Gasteiger partial charge in [0.05, 0.1) is 21.1 Å². The molecule has 2 atom stereocenters. The predicted molar refractivity (Wildman–Crippen MR) is 104 cm³/mol. The molecular formula is C21H20N2OS. The lowest BCUT2D eigenvalue weighted by Gasteiger charge is -2.26. The second kappa shape index (κ2) is 6.81. The molecule has 0 fully saturated rings. The van der Waals surface area contributed by atoms with Gasteiger partial charge in [0, 0.05) is 11.6 Å². The average molecular weight is 348 g/mol. The van der Waals surface area contributed by atoms with Gasteiger partial charge >= 0.3 is 0 Å². The van der Waals surface area contributed by atoms with E-state index in [1.165, 1.54) is 4.70 Å². The smallest absolute Gasteiger partial charge is 0.228 e. The number of hydrogen-bond donors (Lipinski definition) is 1. The van der Waals surface area contributed by atoms with Crippen LogP contribution in [0.3, 0.4) is 0 Å². The van der Waals surface area contributed by atoms with Crippen LogP contribution < -0.4 is 5.32 Å². The Balaban J connectivity index is 1.60. The maximum Gasteiger partial charge on any atom is 0.228 e. The van der Waals surface area contributed by atoms with E-state index in [0.717, 1.165) is 34.6 Å². The number of nitrogens with zero attached hydrogens (tertiary/aromatic N) is 1. The first-order valence-electron chi connectivity index (χ1n) is 8.59. The first-order chi connectivity index (χ1) is 12.2. The summed E-state index contributed by atoms with van der Waals surface area (Å²) in [6.45, 7) is 2.03. The first-order valence-corrected chi connectivity index (χ1v) is 9.40. The minimum Gasteiger partial charge on any atom is -0.326 e. The van der Waals surface area contributed by atoms with Crippen molar-refractivity contribution in [3.8, 4) is 0 Å². The van der Waals surface area contributed by atoms with Crippen LogP contribution in [0.5, 0.6) is 0 Å². The van der Waals surface area contributed by atoms with Crippen molar-refractivity contribution in [3.05, 3.63) is 71.3 Å². The van der Waals surface area contributed by atoms with E-state index < -0.39 is 0 Å². The summed E-state index contributed by atoms with van der Waals surface area (Å²) in [4.78, 5) is 17.7. The summed E-state index contributed by atoms with van der Waals surface area (Å²) in [6.07, 6.45) is 5.92. The molecule has 2 unspecified atom stereocenters. The lowest BCUT2D eigenvalue weighted by atomic mass is 9.82. The van der Waals surface area contributed by atoms with E-state index in [9.17, 15) is 4.79 Å². The molecule has 1 N–H and O–H groups in total. The van der Waals surface area contributed by atoms with Crippen LogP contribution in [0.1, 0.15) is 29.3 Å². The minimum atomic E-state index is -0.0777. The maximum atomic E-state index is 12.9. The molecule has 1 aliphatic carbocycles. The number of benzene rings is 2. The number of thiazole rings is 1. The monoisotopic (exact) mass is 348 g/mol. The number of carbonyl (C=O) groups excluding carboxylic acids is 1. The van der Waals surface area contributed by atoms with E-state index in [-0.39, 0.29) is 17.7 Å². The SMILES string of the molecule is Cc1cccc(NC(=O)C2CC=CCC2c2nc3ccccc3s2)c1. The zero-order valence-electron chi connectivity index (χ0n) is 14.1. The lowest BCUT2D eigenvalue weighted by Crippen LogP contribution is -2.29. The molecular weight excluding hydrogens is 328 g/mol. The number of para-hydroxylation sites is 1. The van der Waals surface area contributed by atoms with E-state index in [1.807, 2.05) is 49.4 Å². The number of aromatic nitrogens is 1. The third-order valence-electron chi connectivity index (χ3n) is 4.68. The molecule has 1 aliphatic rings. The van der Waals surface area contributed by atoms with Gasteiger partial charge in [0.25, 0.3) is 0 Å². The van der Waals surface area contributed by atoms with Crippen molar-refractivity contribution in [2.45, 2.75) is 25.7 Å². The molecule has 3 nitrogen and oxygen atoms in total. The van der Waals surface area contributed by atoms with Crippen molar-refractivity contribution in [2.75, 3.05) is 5.32 Å². The van der Waals surface area contributed by atoms with E-state index in [2.05, 4.69) is 23.5 Å². The van der Waals surface area contributed by atoms with Crippen LogP contribution in [0, 0.1) is 12.8 Å². The van der Waals surface area contributed by atoms with Crippen LogP contribution in [0.15, 0.2) is 60.7 Å². The zero-order valence-corrected chi connectivity index (χ0v) is 14.9. The standard InChI is InChI=1S/C21H20N2OS/c1-14-7-6-8-15(13-14)22-20(24)16-9-2-3-10-17(16)21-23-18-11-4-5-12-19(18)25-21/h2-8,11-13,16-17H,9-10H2,1H3,(H,22,24). The van der Waals surface area contributed by atoms with Gasteiger partial charge in [-0.2, -0.15) is 0 Å². The fraction of sp³-hybridized carbons (Fsp3) is 0.238. The number of carbonyl (C=O) groups is 1.